The fourth-order valence-electron chi connectivity index (χ4n) is 7.67. The van der Waals surface area contributed by atoms with Gasteiger partial charge >= 0.3 is 6.09 Å². The van der Waals surface area contributed by atoms with Crippen molar-refractivity contribution in [2.45, 2.75) is 104 Å². The van der Waals surface area contributed by atoms with Gasteiger partial charge in [0.15, 0.2) is 11.5 Å². The lowest BCUT2D eigenvalue weighted by molar-refractivity contribution is 0.0204. The summed E-state index contributed by atoms with van der Waals surface area (Å²) >= 11 is 0. The molecule has 5 aromatic rings. The van der Waals surface area contributed by atoms with Crippen LogP contribution in [0.3, 0.4) is 0 Å². The van der Waals surface area contributed by atoms with Crippen LogP contribution in [0, 0.1) is 6.92 Å². The molecule has 1 aliphatic heterocycles. The third-order valence-electron chi connectivity index (χ3n) is 10.7. The van der Waals surface area contributed by atoms with E-state index in [2.05, 4.69) is 24.1 Å². The van der Waals surface area contributed by atoms with Crippen LogP contribution >= 0.6 is 0 Å². The van der Waals surface area contributed by atoms with E-state index in [1.807, 2.05) is 70.2 Å². The third-order valence-corrected chi connectivity index (χ3v) is 10.7. The van der Waals surface area contributed by atoms with Crippen molar-refractivity contribution < 1.29 is 33.6 Å². The number of fused-ring (bicyclic) bond motifs is 1. The summed E-state index contributed by atoms with van der Waals surface area (Å²) in [5, 5.41) is 20.5. The molecule has 0 saturated carbocycles. The second-order valence-corrected chi connectivity index (χ2v) is 16.3. The fraction of sp³-hybridized carbons (Fsp3) is 0.489. The van der Waals surface area contributed by atoms with Crippen LogP contribution in [-0.4, -0.2) is 93.8 Å². The van der Waals surface area contributed by atoms with Crippen molar-refractivity contribution in [2.24, 2.45) is 0 Å². The molecule has 0 bridgehead atoms. The Bertz CT molecular complexity index is 2190. The van der Waals surface area contributed by atoms with Gasteiger partial charge in [-0.05, 0) is 89.8 Å². The van der Waals surface area contributed by atoms with Crippen LogP contribution in [0.2, 0.25) is 0 Å². The standard InChI is InChI=1S/C45H60N8O7/c1-11-12-29(3)48-43-49-42(52(26-31-13-15-34(56-7)22-37(31)58-9)27-32-14-16-35(57-8)23-38(32)59-10)41-47-25-36(53(41)50-43)40(54)33-21-28(2)39(46-24-33)30-17-19-51(20-18-30)44(55)60-45(4,5)6/h13-16,21-25,29-30,40,54H,11-12,17-20,26-27H2,1-10H3,(H,48,50)/t29-,40?/m0/s1. The van der Waals surface area contributed by atoms with E-state index in [1.165, 1.54) is 0 Å². The van der Waals surface area contributed by atoms with Crippen molar-refractivity contribution in [1.29, 1.82) is 0 Å². The first-order valence-corrected chi connectivity index (χ1v) is 20.6. The minimum atomic E-state index is -1.10. The first-order chi connectivity index (χ1) is 28.7. The van der Waals surface area contributed by atoms with Crippen LogP contribution in [0.5, 0.6) is 23.0 Å². The molecule has 2 atom stereocenters. The number of nitrogens with one attached hydrogen (secondary N) is 1. The smallest absolute Gasteiger partial charge is 0.410 e. The van der Waals surface area contributed by atoms with E-state index in [-0.39, 0.29) is 18.1 Å². The average molecular weight is 825 g/mol. The maximum absolute atomic E-state index is 12.7. The predicted octanol–water partition coefficient (Wildman–Crippen LogP) is 7.87. The molecule has 6 rings (SSSR count). The first-order valence-electron chi connectivity index (χ1n) is 20.6. The maximum Gasteiger partial charge on any atom is 0.410 e. The molecule has 1 amide bonds. The number of nitrogens with zero attached hydrogens (tertiary/aromatic N) is 7. The number of aliphatic hydroxyl groups is 1. The van der Waals surface area contributed by atoms with Crippen LogP contribution in [0.15, 0.2) is 54.9 Å². The Hall–Kier alpha value is -5.83. The van der Waals surface area contributed by atoms with Gasteiger partial charge in [-0.15, -0.1) is 5.10 Å². The summed E-state index contributed by atoms with van der Waals surface area (Å²) in [4.78, 5) is 31.4. The molecular weight excluding hydrogens is 765 g/mol. The number of hydrogen-bond donors (Lipinski definition) is 2. The third kappa shape index (κ3) is 10.1. The molecule has 15 heteroatoms. The summed E-state index contributed by atoms with van der Waals surface area (Å²) in [6.07, 6.45) is 5.42. The van der Waals surface area contributed by atoms with Gasteiger partial charge in [-0.2, -0.15) is 4.98 Å². The van der Waals surface area contributed by atoms with Gasteiger partial charge in [-0.3, -0.25) is 4.98 Å². The molecule has 0 aliphatic carbocycles. The Balaban J connectivity index is 1.38. The molecule has 0 spiro atoms. The van der Waals surface area contributed by atoms with E-state index in [9.17, 15) is 9.90 Å². The molecule has 1 saturated heterocycles. The number of methoxy groups -OCH3 is 4. The topological polar surface area (TPSA) is 158 Å². The highest BCUT2D eigenvalue weighted by molar-refractivity contribution is 5.68. The maximum atomic E-state index is 12.7. The Morgan fingerprint density at radius 1 is 0.917 bits per heavy atom. The number of imidazole rings is 1. The van der Waals surface area contributed by atoms with E-state index in [4.69, 9.17) is 43.7 Å². The molecule has 15 nitrogen and oxygen atoms in total. The zero-order valence-electron chi connectivity index (χ0n) is 36.6. The number of likely N-dealkylation sites (tertiary alicyclic amines) is 1. The van der Waals surface area contributed by atoms with Crippen molar-refractivity contribution >= 4 is 23.5 Å². The molecule has 1 fully saturated rings. The van der Waals surface area contributed by atoms with Crippen molar-refractivity contribution in [2.75, 3.05) is 51.7 Å². The summed E-state index contributed by atoms with van der Waals surface area (Å²) in [6.45, 7) is 13.8. The summed E-state index contributed by atoms with van der Waals surface area (Å²) in [5.74, 6) is 3.76. The highest BCUT2D eigenvalue weighted by Crippen LogP contribution is 2.35. The Labute approximate surface area is 353 Å². The fourth-order valence-corrected chi connectivity index (χ4v) is 7.67. The molecule has 1 unspecified atom stereocenters. The van der Waals surface area contributed by atoms with Crippen LogP contribution in [0.4, 0.5) is 16.6 Å². The molecule has 2 N–H and O–H groups in total. The van der Waals surface area contributed by atoms with E-state index in [1.54, 1.807) is 50.2 Å². The Morgan fingerprint density at radius 3 is 2.07 bits per heavy atom. The number of pyridine rings is 1. The quantitative estimate of drug-likeness (QED) is 0.0992. The number of anilines is 2. The SMILES string of the molecule is CCC[C@H](C)Nc1nc(N(Cc2ccc(OC)cc2OC)Cc2ccc(OC)cc2OC)c2ncc(C(O)c3cnc(C4CCN(C(=O)OC(C)(C)C)CC4)c(C)c3)n2n1. The van der Waals surface area contributed by atoms with E-state index >= 15 is 0 Å². The van der Waals surface area contributed by atoms with Gasteiger partial charge in [0.2, 0.25) is 5.95 Å². The van der Waals surface area contributed by atoms with Crippen molar-refractivity contribution in [3.8, 4) is 23.0 Å². The van der Waals surface area contributed by atoms with Gasteiger partial charge in [0.25, 0.3) is 0 Å². The van der Waals surface area contributed by atoms with E-state index in [0.29, 0.717) is 77.8 Å². The lowest BCUT2D eigenvalue weighted by atomic mass is 9.90. The van der Waals surface area contributed by atoms with E-state index < -0.39 is 11.7 Å². The molecule has 322 valence electrons. The number of ether oxygens (including phenoxy) is 5. The molecular formula is C45H60N8O7. The number of rotatable bonds is 16. The molecule has 0 radical (unpaired) electrons. The minimum Gasteiger partial charge on any atom is -0.497 e. The van der Waals surface area contributed by atoms with E-state index in [0.717, 1.165) is 48.1 Å². The second-order valence-electron chi connectivity index (χ2n) is 16.3. The number of aromatic nitrogens is 5. The number of aliphatic hydroxyl groups excluding tert-OH is 1. The summed E-state index contributed by atoms with van der Waals surface area (Å²) < 4.78 is 29.9. The van der Waals surface area contributed by atoms with Gasteiger partial charge in [-0.1, -0.05) is 13.3 Å². The number of carbonyl (C=O) groups excluding carboxylic acids is 1. The van der Waals surface area contributed by atoms with Crippen LogP contribution in [0.1, 0.15) is 106 Å². The van der Waals surface area contributed by atoms with Crippen molar-refractivity contribution in [1.82, 2.24) is 29.5 Å². The Kier molecular flexibility index (Phi) is 13.9. The summed E-state index contributed by atoms with van der Waals surface area (Å²) in [6, 6.07) is 13.5. The summed E-state index contributed by atoms with van der Waals surface area (Å²) in [7, 11) is 6.51. The van der Waals surface area contributed by atoms with Crippen molar-refractivity contribution in [3.05, 3.63) is 88.5 Å². The number of benzene rings is 2. The molecule has 2 aromatic carbocycles. The minimum absolute atomic E-state index is 0.0735. The number of piperidine rings is 1. The average Bonchev–Trinajstić information content (AvgIpc) is 3.66. The largest absolute Gasteiger partial charge is 0.497 e. The predicted molar refractivity (Wildman–Crippen MR) is 231 cm³/mol. The monoisotopic (exact) mass is 824 g/mol. The molecule has 4 heterocycles. The number of amides is 1. The molecule has 60 heavy (non-hydrogen) atoms. The van der Waals surface area contributed by atoms with Crippen molar-refractivity contribution in [3.63, 3.8) is 0 Å². The first kappa shape index (κ1) is 43.7. The zero-order valence-corrected chi connectivity index (χ0v) is 36.6. The number of aryl methyl sites for hydroxylation is 1. The number of hydrogen-bond acceptors (Lipinski definition) is 13. The van der Waals surface area contributed by atoms with Gasteiger partial charge in [-0.25, -0.2) is 14.3 Å². The van der Waals surface area contributed by atoms with Gasteiger partial charge in [0.05, 0.1) is 40.3 Å². The van der Waals surface area contributed by atoms with Crippen LogP contribution < -0.4 is 29.2 Å². The zero-order chi connectivity index (χ0) is 43.1. The Morgan fingerprint density at radius 2 is 1.53 bits per heavy atom. The van der Waals surface area contributed by atoms with Gasteiger partial charge in [0.1, 0.15) is 34.7 Å². The summed E-state index contributed by atoms with van der Waals surface area (Å²) in [5.41, 5.74) is 4.70. The highest BCUT2D eigenvalue weighted by atomic mass is 16.6. The molecule has 3 aromatic heterocycles. The number of carbonyl (C=O) groups is 1. The van der Waals surface area contributed by atoms with Gasteiger partial charge in [0, 0.05) is 78.9 Å². The lowest BCUT2D eigenvalue weighted by Gasteiger charge is -2.33. The van der Waals surface area contributed by atoms with Crippen LogP contribution in [0.25, 0.3) is 5.65 Å². The second kappa shape index (κ2) is 19.0. The van der Waals surface area contributed by atoms with Crippen LogP contribution in [-0.2, 0) is 17.8 Å². The normalized spacial score (nSPS) is 14.4. The van der Waals surface area contributed by atoms with Gasteiger partial charge < -0.3 is 43.9 Å². The highest BCUT2D eigenvalue weighted by Gasteiger charge is 2.30. The lowest BCUT2D eigenvalue weighted by Crippen LogP contribution is -2.41. The molecule has 1 aliphatic rings.